The van der Waals surface area contributed by atoms with E-state index in [0.717, 1.165) is 0 Å². The van der Waals surface area contributed by atoms with Crippen LogP contribution in [0.3, 0.4) is 0 Å². The zero-order valence-electron chi connectivity index (χ0n) is 12.4. The van der Waals surface area contributed by atoms with Gasteiger partial charge in [-0.1, -0.05) is 0 Å². The standard InChI is InChI=1S/C12H18F3NO5S/c1-11(2,3)20-10(17)16-7-4-5-9(6-8-16)21-22(18,19)12(13,14)15/h5H,4,6-8H2,1-3H3. The van der Waals surface area contributed by atoms with Crippen LogP contribution in [-0.2, 0) is 19.0 Å². The molecule has 1 amide bonds. The highest BCUT2D eigenvalue weighted by Crippen LogP contribution is 2.28. The summed E-state index contributed by atoms with van der Waals surface area (Å²) in [6.45, 7) is 5.27. The van der Waals surface area contributed by atoms with Gasteiger partial charge in [-0.2, -0.15) is 21.6 Å². The molecule has 1 heterocycles. The highest BCUT2D eigenvalue weighted by Gasteiger charge is 2.48. The molecule has 0 atom stereocenters. The summed E-state index contributed by atoms with van der Waals surface area (Å²) in [5.74, 6) is -0.330. The number of hydrogen-bond acceptors (Lipinski definition) is 5. The molecular formula is C12H18F3NO5S. The van der Waals surface area contributed by atoms with Crippen molar-refractivity contribution in [3.8, 4) is 0 Å². The van der Waals surface area contributed by atoms with Crippen LogP contribution in [0.25, 0.3) is 0 Å². The molecule has 128 valence electrons. The molecule has 0 aromatic heterocycles. The van der Waals surface area contributed by atoms with Gasteiger partial charge in [-0.3, -0.25) is 0 Å². The highest BCUT2D eigenvalue weighted by molar-refractivity contribution is 7.87. The van der Waals surface area contributed by atoms with E-state index in [1.165, 1.54) is 11.0 Å². The quantitative estimate of drug-likeness (QED) is 0.568. The van der Waals surface area contributed by atoms with E-state index in [-0.39, 0.29) is 31.7 Å². The summed E-state index contributed by atoms with van der Waals surface area (Å²) in [4.78, 5) is 13.1. The van der Waals surface area contributed by atoms with E-state index in [2.05, 4.69) is 4.18 Å². The maximum Gasteiger partial charge on any atom is 0.534 e. The van der Waals surface area contributed by atoms with Crippen LogP contribution < -0.4 is 0 Å². The molecule has 1 aliphatic heterocycles. The summed E-state index contributed by atoms with van der Waals surface area (Å²) in [5.41, 5.74) is -6.18. The molecule has 0 aliphatic carbocycles. The largest absolute Gasteiger partial charge is 0.534 e. The Morgan fingerprint density at radius 3 is 2.32 bits per heavy atom. The number of carbonyl (C=O) groups excluding carboxylic acids is 1. The van der Waals surface area contributed by atoms with Crippen molar-refractivity contribution < 1.29 is 35.3 Å². The van der Waals surface area contributed by atoms with Gasteiger partial charge in [0.1, 0.15) is 11.4 Å². The van der Waals surface area contributed by atoms with Gasteiger partial charge in [0.25, 0.3) is 0 Å². The third kappa shape index (κ3) is 5.39. The van der Waals surface area contributed by atoms with Gasteiger partial charge < -0.3 is 13.8 Å². The summed E-state index contributed by atoms with van der Waals surface area (Å²) < 4.78 is 67.9. The van der Waals surface area contributed by atoms with E-state index in [9.17, 15) is 26.4 Å². The van der Waals surface area contributed by atoms with Gasteiger partial charge in [-0.15, -0.1) is 0 Å². The topological polar surface area (TPSA) is 72.9 Å². The molecule has 0 saturated carbocycles. The highest BCUT2D eigenvalue weighted by atomic mass is 32.2. The molecule has 0 fully saturated rings. The van der Waals surface area contributed by atoms with Gasteiger partial charge in [-0.25, -0.2) is 4.79 Å². The number of alkyl halides is 3. The van der Waals surface area contributed by atoms with Crippen LogP contribution in [0.5, 0.6) is 0 Å². The minimum Gasteiger partial charge on any atom is -0.444 e. The van der Waals surface area contributed by atoms with Gasteiger partial charge >= 0.3 is 21.7 Å². The van der Waals surface area contributed by atoms with E-state index >= 15 is 0 Å². The van der Waals surface area contributed by atoms with E-state index in [4.69, 9.17) is 4.74 Å². The third-order valence-electron chi connectivity index (χ3n) is 2.55. The zero-order valence-corrected chi connectivity index (χ0v) is 13.3. The van der Waals surface area contributed by atoms with Crippen molar-refractivity contribution in [2.24, 2.45) is 0 Å². The summed E-state index contributed by atoms with van der Waals surface area (Å²) in [6, 6.07) is 0. The van der Waals surface area contributed by atoms with Crippen LogP contribution >= 0.6 is 0 Å². The number of ether oxygens (including phenoxy) is 1. The Morgan fingerprint density at radius 1 is 1.23 bits per heavy atom. The fourth-order valence-corrected chi connectivity index (χ4v) is 2.14. The van der Waals surface area contributed by atoms with Gasteiger partial charge in [0.2, 0.25) is 0 Å². The van der Waals surface area contributed by atoms with Crippen LogP contribution in [0.2, 0.25) is 0 Å². The lowest BCUT2D eigenvalue weighted by atomic mass is 10.2. The lowest BCUT2D eigenvalue weighted by Crippen LogP contribution is -2.37. The van der Waals surface area contributed by atoms with Crippen LogP contribution in [0, 0.1) is 0 Å². The average molecular weight is 345 g/mol. The first-order valence-electron chi connectivity index (χ1n) is 6.49. The Morgan fingerprint density at radius 2 is 1.82 bits per heavy atom. The van der Waals surface area contributed by atoms with E-state index in [0.29, 0.717) is 0 Å². The molecule has 0 N–H and O–H groups in total. The lowest BCUT2D eigenvalue weighted by molar-refractivity contribution is -0.0524. The summed E-state index contributed by atoms with van der Waals surface area (Å²) >= 11 is 0. The number of rotatable bonds is 2. The number of amides is 1. The van der Waals surface area contributed by atoms with Gasteiger partial charge in [0.05, 0.1) is 0 Å². The molecule has 1 rings (SSSR count). The SMILES string of the molecule is CC(C)(C)OC(=O)N1CCC=C(OS(=O)(=O)C(F)(F)F)CC1. The Kier molecular flexibility index (Phi) is 5.37. The lowest BCUT2D eigenvalue weighted by Gasteiger charge is -2.26. The molecule has 0 unspecified atom stereocenters. The molecule has 0 bridgehead atoms. The average Bonchev–Trinajstić information content (AvgIpc) is 2.50. The van der Waals surface area contributed by atoms with E-state index in [1.807, 2.05) is 0 Å². The fourth-order valence-electron chi connectivity index (χ4n) is 1.61. The predicted molar refractivity (Wildman–Crippen MR) is 71.2 cm³/mol. The summed E-state index contributed by atoms with van der Waals surface area (Å²) in [7, 11) is -5.68. The van der Waals surface area contributed by atoms with Crippen LogP contribution in [0.15, 0.2) is 11.8 Å². The Hall–Kier alpha value is -1.45. The predicted octanol–water partition coefficient (Wildman–Crippen LogP) is 2.77. The van der Waals surface area contributed by atoms with Gasteiger partial charge in [0, 0.05) is 19.5 Å². The normalized spacial score (nSPS) is 17.5. The van der Waals surface area contributed by atoms with E-state index < -0.39 is 27.3 Å². The minimum absolute atomic E-state index is 0.00806. The number of hydrogen-bond donors (Lipinski definition) is 0. The second-order valence-corrected chi connectivity index (χ2v) is 7.20. The first-order valence-corrected chi connectivity index (χ1v) is 7.90. The Balaban J connectivity index is 2.66. The van der Waals surface area contributed by atoms with Gasteiger partial charge in [0.15, 0.2) is 0 Å². The van der Waals surface area contributed by atoms with Gasteiger partial charge in [-0.05, 0) is 33.3 Å². The van der Waals surface area contributed by atoms with Crippen LogP contribution in [0.1, 0.15) is 33.6 Å². The van der Waals surface area contributed by atoms with Crippen LogP contribution in [0.4, 0.5) is 18.0 Å². The molecule has 0 radical (unpaired) electrons. The van der Waals surface area contributed by atoms with Crippen molar-refractivity contribution in [2.45, 2.75) is 44.7 Å². The molecule has 10 heteroatoms. The van der Waals surface area contributed by atoms with Crippen molar-refractivity contribution in [3.63, 3.8) is 0 Å². The summed E-state index contributed by atoms with van der Waals surface area (Å²) in [6.07, 6.45) is 0.644. The molecule has 22 heavy (non-hydrogen) atoms. The summed E-state index contributed by atoms with van der Waals surface area (Å²) in [5, 5.41) is 0. The monoisotopic (exact) mass is 345 g/mol. The first-order chi connectivity index (χ1) is 9.82. The molecule has 0 aromatic carbocycles. The number of carbonyl (C=O) groups is 1. The number of nitrogens with zero attached hydrogens (tertiary/aromatic N) is 1. The van der Waals surface area contributed by atoms with Crippen molar-refractivity contribution in [2.75, 3.05) is 13.1 Å². The molecule has 0 saturated heterocycles. The molecule has 1 aliphatic rings. The third-order valence-corrected chi connectivity index (χ3v) is 3.55. The minimum atomic E-state index is -5.68. The second kappa shape index (κ2) is 6.35. The fraction of sp³-hybridized carbons (Fsp3) is 0.750. The van der Waals surface area contributed by atoms with E-state index in [1.54, 1.807) is 20.8 Å². The Bertz CT molecular complexity index is 548. The molecule has 0 spiro atoms. The maximum absolute atomic E-state index is 12.3. The first kappa shape index (κ1) is 18.6. The smallest absolute Gasteiger partial charge is 0.444 e. The second-order valence-electron chi connectivity index (χ2n) is 5.66. The van der Waals surface area contributed by atoms with Crippen molar-refractivity contribution >= 4 is 16.2 Å². The molecular weight excluding hydrogens is 327 g/mol. The maximum atomic E-state index is 12.3. The zero-order chi connectivity index (χ0) is 17.2. The molecule has 6 nitrogen and oxygen atoms in total. The number of halogens is 3. The Labute approximate surface area is 127 Å². The van der Waals surface area contributed by atoms with Crippen molar-refractivity contribution in [3.05, 3.63) is 11.8 Å². The van der Waals surface area contributed by atoms with Crippen LogP contribution in [-0.4, -0.2) is 43.6 Å². The van der Waals surface area contributed by atoms with Crippen molar-refractivity contribution in [1.82, 2.24) is 4.90 Å². The van der Waals surface area contributed by atoms with Crippen molar-refractivity contribution in [1.29, 1.82) is 0 Å². The molecule has 0 aromatic rings.